The van der Waals surface area contributed by atoms with Gasteiger partial charge in [0.15, 0.2) is 0 Å². The van der Waals surface area contributed by atoms with Gasteiger partial charge in [-0.15, -0.1) is 0 Å². The number of nitrogens with one attached hydrogen (secondary N) is 2. The molecule has 0 saturated heterocycles. The molecule has 0 fully saturated rings. The molecular weight excluding hydrogens is 471 g/mol. The molecule has 3 rings (SSSR count). The van der Waals surface area contributed by atoms with Gasteiger partial charge in [-0.05, 0) is 54.6 Å². The lowest BCUT2D eigenvalue weighted by Crippen LogP contribution is -2.16. The molecule has 2 N–H and O–H groups in total. The summed E-state index contributed by atoms with van der Waals surface area (Å²) in [4.78, 5) is -0.680. The lowest BCUT2D eigenvalue weighted by Gasteiger charge is -2.12. The molecule has 0 amide bonds. The molecule has 3 aromatic carbocycles. The monoisotopic (exact) mass is 484 g/mol. The predicted octanol–water partition coefficient (Wildman–Crippen LogP) is 4.19. The van der Waals surface area contributed by atoms with Gasteiger partial charge in [-0.2, -0.15) is 0 Å². The number of sulfonamides is 2. The lowest BCUT2D eigenvalue weighted by atomic mass is 10.3. The Bertz CT molecular complexity index is 1210. The fraction of sp³-hybridized carbons (Fsp3) is 0. The average Bonchev–Trinajstić information content (AvgIpc) is 2.63. The summed E-state index contributed by atoms with van der Waals surface area (Å²) in [5.74, 6) is -0.907. The van der Waals surface area contributed by atoms with E-state index >= 15 is 0 Å². The summed E-state index contributed by atoms with van der Waals surface area (Å²) < 4.78 is 69.1. The van der Waals surface area contributed by atoms with Gasteiger partial charge < -0.3 is 0 Å². The van der Waals surface area contributed by atoms with E-state index in [4.69, 9.17) is 0 Å². The predicted molar refractivity (Wildman–Crippen MR) is 109 cm³/mol. The zero-order valence-electron chi connectivity index (χ0n) is 14.1. The number of anilines is 2. The van der Waals surface area contributed by atoms with E-state index in [1.54, 1.807) is 24.3 Å². The highest BCUT2D eigenvalue weighted by Gasteiger charge is 2.20. The first kappa shape index (κ1) is 20.3. The number of benzene rings is 3. The van der Waals surface area contributed by atoms with Crippen LogP contribution < -0.4 is 9.44 Å². The van der Waals surface area contributed by atoms with E-state index < -0.39 is 30.8 Å². The van der Waals surface area contributed by atoms with E-state index in [9.17, 15) is 21.2 Å². The van der Waals surface area contributed by atoms with Gasteiger partial charge in [-0.3, -0.25) is 9.44 Å². The van der Waals surface area contributed by atoms with Gasteiger partial charge >= 0.3 is 0 Å². The van der Waals surface area contributed by atoms with Gasteiger partial charge in [0, 0.05) is 10.2 Å². The number of hydrogen-bond donors (Lipinski definition) is 2. The number of hydrogen-bond acceptors (Lipinski definition) is 4. The summed E-state index contributed by atoms with van der Waals surface area (Å²) in [6, 6.07) is 16.6. The van der Waals surface area contributed by atoms with Gasteiger partial charge in [-0.25, -0.2) is 21.2 Å². The first-order valence-electron chi connectivity index (χ1n) is 7.83. The lowest BCUT2D eigenvalue weighted by molar-refractivity contribution is 0.570. The standard InChI is InChI=1S/C18H14BrFN2O4S2/c19-13-8-10-14(11-9-13)21-27(23,24)16-5-3-4-15(12-16)22-28(25,26)18-7-2-1-6-17(18)20/h1-12,21-22H. The topological polar surface area (TPSA) is 92.3 Å². The van der Waals surface area contributed by atoms with Crippen molar-refractivity contribution in [3.05, 3.63) is 83.1 Å². The molecule has 0 bridgehead atoms. The van der Waals surface area contributed by atoms with Crippen molar-refractivity contribution in [3.8, 4) is 0 Å². The molecule has 0 aliphatic carbocycles. The van der Waals surface area contributed by atoms with Crippen LogP contribution in [-0.2, 0) is 20.0 Å². The molecule has 0 saturated carbocycles. The van der Waals surface area contributed by atoms with E-state index in [1.807, 2.05) is 0 Å². The molecule has 0 aromatic heterocycles. The van der Waals surface area contributed by atoms with Crippen LogP contribution in [0.25, 0.3) is 0 Å². The number of halogens is 2. The second-order valence-corrected chi connectivity index (χ2v) is 9.93. The average molecular weight is 485 g/mol. The van der Waals surface area contributed by atoms with Crippen LogP contribution in [0.5, 0.6) is 0 Å². The third-order valence-electron chi connectivity index (χ3n) is 3.62. The largest absolute Gasteiger partial charge is 0.280 e. The fourth-order valence-corrected chi connectivity index (χ4v) is 4.83. The van der Waals surface area contributed by atoms with Crippen molar-refractivity contribution in [2.24, 2.45) is 0 Å². The van der Waals surface area contributed by atoms with Gasteiger partial charge in [0.25, 0.3) is 20.0 Å². The molecule has 0 spiro atoms. The Kier molecular flexibility index (Phi) is 5.73. The van der Waals surface area contributed by atoms with Gasteiger partial charge in [0.05, 0.1) is 10.6 Å². The van der Waals surface area contributed by atoms with Crippen LogP contribution in [0.4, 0.5) is 15.8 Å². The summed E-state index contributed by atoms with van der Waals surface area (Å²) in [5.41, 5.74) is 0.336. The molecule has 6 nitrogen and oxygen atoms in total. The van der Waals surface area contributed by atoms with Crippen molar-refractivity contribution >= 4 is 47.4 Å². The maximum Gasteiger partial charge on any atom is 0.264 e. The smallest absolute Gasteiger partial charge is 0.264 e. The number of rotatable bonds is 6. The van der Waals surface area contributed by atoms with Crippen LogP contribution >= 0.6 is 15.9 Å². The van der Waals surface area contributed by atoms with E-state index in [2.05, 4.69) is 25.4 Å². The Labute approximate surface area is 170 Å². The van der Waals surface area contributed by atoms with E-state index in [0.29, 0.717) is 5.69 Å². The maximum absolute atomic E-state index is 13.8. The third kappa shape index (κ3) is 4.70. The van der Waals surface area contributed by atoms with Gasteiger partial charge in [0.2, 0.25) is 0 Å². The highest BCUT2D eigenvalue weighted by Crippen LogP contribution is 2.23. The Morgan fingerprint density at radius 3 is 2.04 bits per heavy atom. The summed E-state index contributed by atoms with van der Waals surface area (Å²) in [6.07, 6.45) is 0. The second-order valence-electron chi connectivity index (χ2n) is 5.68. The normalized spacial score (nSPS) is 11.8. The van der Waals surface area contributed by atoms with Crippen LogP contribution in [0.1, 0.15) is 0 Å². The Balaban J connectivity index is 1.87. The van der Waals surface area contributed by atoms with Gasteiger partial charge in [-0.1, -0.05) is 34.1 Å². The summed E-state index contributed by atoms with van der Waals surface area (Å²) >= 11 is 3.26. The Morgan fingerprint density at radius 2 is 1.36 bits per heavy atom. The zero-order valence-corrected chi connectivity index (χ0v) is 17.4. The summed E-state index contributed by atoms with van der Waals surface area (Å²) in [6.45, 7) is 0. The highest BCUT2D eigenvalue weighted by molar-refractivity contribution is 9.10. The zero-order chi connectivity index (χ0) is 20.4. The Morgan fingerprint density at radius 1 is 0.714 bits per heavy atom. The molecule has 10 heteroatoms. The third-order valence-corrected chi connectivity index (χ3v) is 6.94. The highest BCUT2D eigenvalue weighted by atomic mass is 79.9. The minimum atomic E-state index is -4.22. The first-order valence-corrected chi connectivity index (χ1v) is 11.6. The molecular formula is C18H14BrFN2O4S2. The van der Waals surface area contributed by atoms with Crippen molar-refractivity contribution in [2.45, 2.75) is 9.79 Å². The van der Waals surface area contributed by atoms with Crippen molar-refractivity contribution in [1.82, 2.24) is 0 Å². The van der Waals surface area contributed by atoms with Crippen LogP contribution in [0.15, 0.2) is 87.1 Å². The maximum atomic E-state index is 13.8. The minimum absolute atomic E-state index is 0.0121. The van der Waals surface area contributed by atoms with Crippen molar-refractivity contribution < 1.29 is 21.2 Å². The molecule has 0 atom stereocenters. The first-order chi connectivity index (χ1) is 13.2. The quantitative estimate of drug-likeness (QED) is 0.548. The van der Waals surface area contributed by atoms with Crippen molar-refractivity contribution in [2.75, 3.05) is 9.44 Å². The molecule has 0 radical (unpaired) electrons. The minimum Gasteiger partial charge on any atom is -0.280 e. The summed E-state index contributed by atoms with van der Waals surface area (Å²) in [5, 5.41) is 0. The fourth-order valence-electron chi connectivity index (χ4n) is 2.33. The van der Waals surface area contributed by atoms with E-state index in [1.165, 1.54) is 30.3 Å². The van der Waals surface area contributed by atoms with Crippen LogP contribution in [0.2, 0.25) is 0 Å². The van der Waals surface area contributed by atoms with Crippen molar-refractivity contribution in [1.29, 1.82) is 0 Å². The van der Waals surface area contributed by atoms with Gasteiger partial charge in [0.1, 0.15) is 10.7 Å². The molecule has 0 unspecified atom stereocenters. The summed E-state index contributed by atoms with van der Waals surface area (Å²) in [7, 11) is -8.17. The van der Waals surface area contributed by atoms with Crippen LogP contribution in [0, 0.1) is 5.82 Å². The molecule has 146 valence electrons. The van der Waals surface area contributed by atoms with E-state index in [-0.39, 0.29) is 10.6 Å². The molecule has 0 heterocycles. The molecule has 3 aromatic rings. The second kappa shape index (κ2) is 7.90. The Hall–Kier alpha value is -2.43. The molecule has 0 aliphatic heterocycles. The SMILES string of the molecule is O=S(=O)(Nc1ccc(Br)cc1)c1cccc(NS(=O)(=O)c2ccccc2F)c1. The van der Waals surface area contributed by atoms with Crippen LogP contribution in [-0.4, -0.2) is 16.8 Å². The van der Waals surface area contributed by atoms with E-state index in [0.717, 1.165) is 22.7 Å². The molecule has 28 heavy (non-hydrogen) atoms. The van der Waals surface area contributed by atoms with Crippen molar-refractivity contribution in [3.63, 3.8) is 0 Å². The van der Waals surface area contributed by atoms with Crippen LogP contribution in [0.3, 0.4) is 0 Å². The molecule has 0 aliphatic rings.